The summed E-state index contributed by atoms with van der Waals surface area (Å²) in [5.41, 5.74) is 1.16. The van der Waals surface area contributed by atoms with Crippen LogP contribution in [0.4, 0.5) is 0 Å². The van der Waals surface area contributed by atoms with E-state index in [0.717, 1.165) is 31.7 Å². The van der Waals surface area contributed by atoms with E-state index in [1.807, 2.05) is 25.1 Å². The van der Waals surface area contributed by atoms with E-state index in [1.54, 1.807) is 4.90 Å². The molecule has 0 aliphatic carbocycles. The number of nitrogens with one attached hydrogen (secondary N) is 3. The van der Waals surface area contributed by atoms with Gasteiger partial charge in [-0.15, -0.1) is 0 Å². The number of carbonyl (C=O) groups excluding carboxylic acids is 1. The first kappa shape index (κ1) is 14.0. The molecule has 3 N–H and O–H groups in total. The van der Waals surface area contributed by atoms with Crippen LogP contribution in [0.15, 0.2) is 30.3 Å². The van der Waals surface area contributed by atoms with Crippen LogP contribution >= 0.6 is 0 Å². The van der Waals surface area contributed by atoms with E-state index in [2.05, 4.69) is 24.5 Å². The normalized spacial score (nSPS) is 24.7. The summed E-state index contributed by atoms with van der Waals surface area (Å²) in [6, 6.07) is 10.2. The molecule has 0 spiro atoms. The molecule has 19 heavy (non-hydrogen) atoms. The van der Waals surface area contributed by atoms with Crippen molar-refractivity contribution < 1.29 is 14.6 Å². The first-order valence-corrected chi connectivity index (χ1v) is 7.14. The number of quaternary nitrogens is 2. The molecule has 0 bridgehead atoms. The molecule has 104 valence electrons. The molecule has 0 unspecified atom stereocenters. The summed E-state index contributed by atoms with van der Waals surface area (Å²) in [6.07, 6.45) is 0. The Morgan fingerprint density at radius 3 is 2.47 bits per heavy atom. The lowest BCUT2D eigenvalue weighted by Crippen LogP contribution is -3.27. The van der Waals surface area contributed by atoms with Gasteiger partial charge in [-0.25, -0.2) is 0 Å². The highest BCUT2D eigenvalue weighted by molar-refractivity contribution is 5.77. The maximum absolute atomic E-state index is 12.0. The minimum absolute atomic E-state index is 0.0891. The maximum Gasteiger partial charge on any atom is 0.275 e. The van der Waals surface area contributed by atoms with Gasteiger partial charge >= 0.3 is 0 Å². The molecule has 1 aromatic rings. The molecule has 1 fully saturated rings. The Morgan fingerprint density at radius 1 is 1.21 bits per heavy atom. The highest BCUT2D eigenvalue weighted by atomic mass is 16.2. The molecule has 1 aliphatic heterocycles. The molecular weight excluding hydrogens is 238 g/mol. The molecule has 4 heteroatoms. The van der Waals surface area contributed by atoms with Crippen LogP contribution in [0, 0.1) is 0 Å². The lowest BCUT2D eigenvalue weighted by atomic mass is 10.1. The monoisotopic (exact) mass is 263 g/mol. The summed E-state index contributed by atoms with van der Waals surface area (Å²) < 4.78 is 0. The Morgan fingerprint density at radius 2 is 1.84 bits per heavy atom. The molecule has 1 aromatic carbocycles. The van der Waals surface area contributed by atoms with E-state index in [4.69, 9.17) is 0 Å². The third-order valence-corrected chi connectivity index (χ3v) is 3.90. The molecule has 0 saturated carbocycles. The van der Waals surface area contributed by atoms with Crippen molar-refractivity contribution in [2.75, 3.05) is 39.8 Å². The largest absolute Gasteiger partial charge is 0.345 e. The molecule has 1 atom stereocenters. The van der Waals surface area contributed by atoms with Crippen molar-refractivity contribution in [3.8, 4) is 0 Å². The number of benzene rings is 1. The van der Waals surface area contributed by atoms with E-state index in [9.17, 15) is 4.79 Å². The van der Waals surface area contributed by atoms with Gasteiger partial charge in [0.25, 0.3) is 5.91 Å². The topological polar surface area (TPSA) is 38.0 Å². The molecule has 1 amide bonds. The molecule has 1 heterocycles. The Balaban J connectivity index is 1.78. The van der Waals surface area contributed by atoms with Crippen LogP contribution < -0.4 is 15.1 Å². The zero-order chi connectivity index (χ0) is 13.7. The van der Waals surface area contributed by atoms with Crippen molar-refractivity contribution in [2.45, 2.75) is 13.0 Å². The van der Waals surface area contributed by atoms with Crippen molar-refractivity contribution in [2.24, 2.45) is 0 Å². The van der Waals surface area contributed by atoms with E-state index in [1.165, 1.54) is 4.90 Å². The van der Waals surface area contributed by atoms with E-state index >= 15 is 0 Å². The van der Waals surface area contributed by atoms with Gasteiger partial charge in [0, 0.05) is 0 Å². The summed E-state index contributed by atoms with van der Waals surface area (Å²) in [7, 11) is 2.22. The van der Waals surface area contributed by atoms with Gasteiger partial charge in [0.15, 0.2) is 6.54 Å². The van der Waals surface area contributed by atoms with Gasteiger partial charge in [0.05, 0.1) is 13.1 Å². The lowest BCUT2D eigenvalue weighted by Gasteiger charge is -2.27. The SMILES string of the molecule is C[C@@H](NC(=O)C[NH+]1CC[NH+](C)CC1)c1ccccc1. The van der Waals surface area contributed by atoms with Gasteiger partial charge in [-0.05, 0) is 12.5 Å². The highest BCUT2D eigenvalue weighted by Crippen LogP contribution is 2.10. The number of amides is 1. The summed E-state index contributed by atoms with van der Waals surface area (Å²) in [5, 5.41) is 3.09. The number of hydrogen-bond acceptors (Lipinski definition) is 1. The molecule has 4 nitrogen and oxygen atoms in total. The smallest absolute Gasteiger partial charge is 0.275 e. The fourth-order valence-electron chi connectivity index (χ4n) is 2.55. The predicted octanol–water partition coefficient (Wildman–Crippen LogP) is -1.72. The number of rotatable bonds is 4. The Labute approximate surface area is 115 Å². The average molecular weight is 263 g/mol. The van der Waals surface area contributed by atoms with E-state index in [-0.39, 0.29) is 11.9 Å². The second-order valence-electron chi connectivity index (χ2n) is 5.58. The Kier molecular flexibility index (Phi) is 4.93. The lowest BCUT2D eigenvalue weighted by molar-refractivity contribution is -1.000. The van der Waals surface area contributed by atoms with Crippen LogP contribution in [0.2, 0.25) is 0 Å². The van der Waals surface area contributed by atoms with Gasteiger partial charge in [-0.1, -0.05) is 30.3 Å². The minimum Gasteiger partial charge on any atom is -0.345 e. The van der Waals surface area contributed by atoms with Crippen LogP contribution in [-0.4, -0.2) is 45.7 Å². The second kappa shape index (κ2) is 6.68. The Hall–Kier alpha value is -1.39. The molecule has 0 radical (unpaired) electrons. The standard InChI is InChI=1S/C15H23N3O/c1-13(14-6-4-3-5-7-14)16-15(19)12-18-10-8-17(2)9-11-18/h3-7,13H,8-12H2,1-2H3,(H,16,19)/p+2/t13-/m1/s1. The van der Waals surface area contributed by atoms with Crippen molar-refractivity contribution in [3.05, 3.63) is 35.9 Å². The maximum atomic E-state index is 12.0. The number of hydrogen-bond donors (Lipinski definition) is 3. The molecule has 0 aromatic heterocycles. The zero-order valence-electron chi connectivity index (χ0n) is 11.9. The van der Waals surface area contributed by atoms with Crippen LogP contribution in [0.3, 0.4) is 0 Å². The molecule has 2 rings (SSSR count). The van der Waals surface area contributed by atoms with Crippen molar-refractivity contribution in [3.63, 3.8) is 0 Å². The van der Waals surface area contributed by atoms with Crippen molar-refractivity contribution in [1.29, 1.82) is 0 Å². The van der Waals surface area contributed by atoms with Gasteiger partial charge in [-0.2, -0.15) is 0 Å². The number of carbonyl (C=O) groups is 1. The minimum atomic E-state index is 0.0891. The summed E-state index contributed by atoms with van der Waals surface area (Å²) in [5.74, 6) is 0.158. The average Bonchev–Trinajstić information content (AvgIpc) is 2.42. The first-order chi connectivity index (χ1) is 9.15. The van der Waals surface area contributed by atoms with Gasteiger partial charge < -0.3 is 15.1 Å². The van der Waals surface area contributed by atoms with Crippen molar-refractivity contribution in [1.82, 2.24) is 5.32 Å². The van der Waals surface area contributed by atoms with Crippen LogP contribution in [0.5, 0.6) is 0 Å². The summed E-state index contributed by atoms with van der Waals surface area (Å²) in [4.78, 5) is 15.0. The Bertz CT molecular complexity index is 399. The van der Waals surface area contributed by atoms with Gasteiger partial charge in [0.2, 0.25) is 0 Å². The number of piperazine rings is 1. The third kappa shape index (κ3) is 4.33. The second-order valence-corrected chi connectivity index (χ2v) is 5.58. The van der Waals surface area contributed by atoms with Crippen LogP contribution in [0.25, 0.3) is 0 Å². The highest BCUT2D eigenvalue weighted by Gasteiger charge is 2.22. The van der Waals surface area contributed by atoms with Gasteiger partial charge in [-0.3, -0.25) is 4.79 Å². The number of likely N-dealkylation sites (N-methyl/N-ethyl adjacent to an activating group) is 1. The predicted molar refractivity (Wildman–Crippen MR) is 75.2 cm³/mol. The zero-order valence-corrected chi connectivity index (χ0v) is 11.9. The van der Waals surface area contributed by atoms with Crippen molar-refractivity contribution >= 4 is 5.91 Å². The third-order valence-electron chi connectivity index (χ3n) is 3.90. The molecule has 1 aliphatic rings. The first-order valence-electron chi connectivity index (χ1n) is 7.14. The fraction of sp³-hybridized carbons (Fsp3) is 0.533. The van der Waals surface area contributed by atoms with Crippen LogP contribution in [0.1, 0.15) is 18.5 Å². The molecule has 1 saturated heterocycles. The summed E-state index contributed by atoms with van der Waals surface area (Å²) in [6.45, 7) is 7.16. The summed E-state index contributed by atoms with van der Waals surface area (Å²) >= 11 is 0. The molecular formula is C15H25N3O+2. The van der Waals surface area contributed by atoms with Crippen LogP contribution in [-0.2, 0) is 4.79 Å². The quantitative estimate of drug-likeness (QED) is 0.594. The van der Waals surface area contributed by atoms with E-state index < -0.39 is 0 Å². The fourth-order valence-corrected chi connectivity index (χ4v) is 2.55. The van der Waals surface area contributed by atoms with E-state index in [0.29, 0.717) is 6.54 Å². The van der Waals surface area contributed by atoms with Gasteiger partial charge in [0.1, 0.15) is 26.2 Å².